The summed E-state index contributed by atoms with van der Waals surface area (Å²) in [5, 5.41) is 10.0. The molecule has 2 rings (SSSR count). The zero-order valence-electron chi connectivity index (χ0n) is 11.1. The second-order valence-corrected chi connectivity index (χ2v) is 4.72. The number of carbonyl (C=O) groups excluding carboxylic acids is 1. The van der Waals surface area contributed by atoms with Crippen LogP contribution in [0.3, 0.4) is 0 Å². The molecule has 1 saturated heterocycles. The maximum Gasteiger partial charge on any atom is 0.293 e. The van der Waals surface area contributed by atoms with E-state index in [9.17, 15) is 4.79 Å². The number of H-pyrrole nitrogens is 1. The predicted molar refractivity (Wildman–Crippen MR) is 68.3 cm³/mol. The molecule has 2 heterocycles. The van der Waals surface area contributed by atoms with Crippen LogP contribution in [0.15, 0.2) is 0 Å². The molecule has 0 atom stereocenters. The largest absolute Gasteiger partial charge is 0.333 e. The van der Waals surface area contributed by atoms with Crippen molar-refractivity contribution in [1.82, 2.24) is 25.4 Å². The van der Waals surface area contributed by atoms with Crippen molar-refractivity contribution in [2.45, 2.75) is 39.2 Å². The molecule has 0 radical (unpaired) electrons. The summed E-state index contributed by atoms with van der Waals surface area (Å²) >= 11 is 0. The first-order chi connectivity index (χ1) is 8.72. The Hall–Kier alpha value is -1.43. The maximum absolute atomic E-state index is 12.4. The molecule has 6 heteroatoms. The Labute approximate surface area is 107 Å². The van der Waals surface area contributed by atoms with Gasteiger partial charge < -0.3 is 10.2 Å². The van der Waals surface area contributed by atoms with Crippen molar-refractivity contribution in [1.29, 1.82) is 0 Å². The first-order valence-corrected chi connectivity index (χ1v) is 6.63. The standard InChI is InChI=1S/C12H21N5O/c1-3-8-17(10-4-6-13-7-5-10)12(18)11-14-9(2)15-16-11/h10,13H,3-8H2,1-2H3,(H,14,15,16). The normalized spacial score (nSPS) is 16.8. The smallest absolute Gasteiger partial charge is 0.293 e. The summed E-state index contributed by atoms with van der Waals surface area (Å²) < 4.78 is 0. The highest BCUT2D eigenvalue weighted by atomic mass is 16.2. The highest BCUT2D eigenvalue weighted by molar-refractivity contribution is 5.90. The van der Waals surface area contributed by atoms with Gasteiger partial charge in [0.05, 0.1) is 0 Å². The van der Waals surface area contributed by atoms with Crippen LogP contribution in [0.25, 0.3) is 0 Å². The number of hydrogen-bond donors (Lipinski definition) is 2. The number of piperidine rings is 1. The summed E-state index contributed by atoms with van der Waals surface area (Å²) in [7, 11) is 0. The number of rotatable bonds is 4. The molecular weight excluding hydrogens is 230 g/mol. The van der Waals surface area contributed by atoms with E-state index in [1.165, 1.54) is 0 Å². The lowest BCUT2D eigenvalue weighted by Gasteiger charge is -2.33. The molecule has 2 N–H and O–H groups in total. The van der Waals surface area contributed by atoms with Crippen molar-refractivity contribution in [3.63, 3.8) is 0 Å². The van der Waals surface area contributed by atoms with Gasteiger partial charge in [-0.25, -0.2) is 4.98 Å². The van der Waals surface area contributed by atoms with Crippen molar-refractivity contribution >= 4 is 5.91 Å². The highest BCUT2D eigenvalue weighted by Crippen LogP contribution is 2.14. The van der Waals surface area contributed by atoms with Gasteiger partial charge in [0.25, 0.3) is 5.91 Å². The molecule has 18 heavy (non-hydrogen) atoms. The fourth-order valence-corrected chi connectivity index (χ4v) is 2.38. The number of amides is 1. The topological polar surface area (TPSA) is 73.9 Å². The number of aryl methyl sites for hydroxylation is 1. The first kappa shape index (κ1) is 13.0. The predicted octanol–water partition coefficient (Wildman–Crippen LogP) is 0.717. The van der Waals surface area contributed by atoms with Crippen molar-refractivity contribution in [3.8, 4) is 0 Å². The van der Waals surface area contributed by atoms with Crippen LogP contribution in [0.5, 0.6) is 0 Å². The van der Waals surface area contributed by atoms with Gasteiger partial charge in [-0.3, -0.25) is 9.89 Å². The van der Waals surface area contributed by atoms with E-state index in [-0.39, 0.29) is 5.91 Å². The average molecular weight is 251 g/mol. The lowest BCUT2D eigenvalue weighted by atomic mass is 10.0. The van der Waals surface area contributed by atoms with Gasteiger partial charge in [0.1, 0.15) is 5.82 Å². The van der Waals surface area contributed by atoms with Crippen LogP contribution >= 0.6 is 0 Å². The lowest BCUT2D eigenvalue weighted by Crippen LogP contribution is -2.46. The van der Waals surface area contributed by atoms with Crippen LogP contribution < -0.4 is 5.32 Å². The third-order valence-corrected chi connectivity index (χ3v) is 3.26. The Kier molecular flexibility index (Phi) is 4.30. The third-order valence-electron chi connectivity index (χ3n) is 3.26. The minimum absolute atomic E-state index is 0.0481. The first-order valence-electron chi connectivity index (χ1n) is 6.63. The van der Waals surface area contributed by atoms with Gasteiger partial charge in [0, 0.05) is 12.6 Å². The van der Waals surface area contributed by atoms with Crippen molar-refractivity contribution in [2.24, 2.45) is 0 Å². The zero-order chi connectivity index (χ0) is 13.0. The number of aromatic nitrogens is 3. The SMILES string of the molecule is CCCN(C(=O)c1n[nH]c(C)n1)C1CCNCC1. The Balaban J connectivity index is 2.10. The van der Waals surface area contributed by atoms with E-state index in [2.05, 4.69) is 27.4 Å². The number of nitrogens with one attached hydrogen (secondary N) is 2. The summed E-state index contributed by atoms with van der Waals surface area (Å²) in [5.74, 6) is 0.924. The number of hydrogen-bond acceptors (Lipinski definition) is 4. The van der Waals surface area contributed by atoms with Crippen molar-refractivity contribution in [3.05, 3.63) is 11.6 Å². The number of aromatic amines is 1. The van der Waals surface area contributed by atoms with Crippen molar-refractivity contribution < 1.29 is 4.79 Å². The summed E-state index contributed by atoms with van der Waals surface area (Å²) in [4.78, 5) is 18.5. The minimum atomic E-state index is -0.0481. The molecule has 0 saturated carbocycles. The van der Waals surface area contributed by atoms with Gasteiger partial charge >= 0.3 is 0 Å². The molecule has 1 aliphatic rings. The molecule has 0 aromatic carbocycles. The molecule has 1 aliphatic heterocycles. The fraction of sp³-hybridized carbons (Fsp3) is 0.750. The molecule has 100 valence electrons. The molecule has 0 bridgehead atoms. The Morgan fingerprint density at radius 1 is 1.44 bits per heavy atom. The summed E-state index contributed by atoms with van der Waals surface area (Å²) in [6.45, 7) is 6.62. The molecule has 0 spiro atoms. The summed E-state index contributed by atoms with van der Waals surface area (Å²) in [5.41, 5.74) is 0. The van der Waals surface area contributed by atoms with Crippen LogP contribution in [-0.4, -0.2) is 51.7 Å². The van der Waals surface area contributed by atoms with Gasteiger partial charge in [-0.05, 0) is 39.3 Å². The zero-order valence-corrected chi connectivity index (χ0v) is 11.1. The van der Waals surface area contributed by atoms with Gasteiger partial charge in [-0.2, -0.15) is 0 Å². The van der Waals surface area contributed by atoms with E-state index in [0.717, 1.165) is 38.9 Å². The Morgan fingerprint density at radius 2 is 2.17 bits per heavy atom. The van der Waals surface area contributed by atoms with E-state index >= 15 is 0 Å². The van der Waals surface area contributed by atoms with Crippen LogP contribution in [0.4, 0.5) is 0 Å². The molecule has 0 unspecified atom stereocenters. The van der Waals surface area contributed by atoms with Crippen LogP contribution in [0, 0.1) is 6.92 Å². The van der Waals surface area contributed by atoms with Gasteiger partial charge in [-0.15, -0.1) is 5.10 Å². The third kappa shape index (κ3) is 2.87. The maximum atomic E-state index is 12.4. The summed E-state index contributed by atoms with van der Waals surface area (Å²) in [6, 6.07) is 0.317. The molecule has 6 nitrogen and oxygen atoms in total. The second-order valence-electron chi connectivity index (χ2n) is 4.72. The van der Waals surface area contributed by atoms with Gasteiger partial charge in [-0.1, -0.05) is 6.92 Å². The van der Waals surface area contributed by atoms with E-state index in [1.807, 2.05) is 4.90 Å². The van der Waals surface area contributed by atoms with Gasteiger partial charge in [0.15, 0.2) is 0 Å². The monoisotopic (exact) mass is 251 g/mol. The average Bonchev–Trinajstić information content (AvgIpc) is 2.83. The lowest BCUT2D eigenvalue weighted by molar-refractivity contribution is 0.0630. The van der Waals surface area contributed by atoms with Crippen molar-refractivity contribution in [2.75, 3.05) is 19.6 Å². The fourth-order valence-electron chi connectivity index (χ4n) is 2.38. The summed E-state index contributed by atoms with van der Waals surface area (Å²) in [6.07, 6.45) is 2.98. The van der Waals surface area contributed by atoms with E-state index in [1.54, 1.807) is 6.92 Å². The van der Waals surface area contributed by atoms with Gasteiger partial charge in [0.2, 0.25) is 5.82 Å². The Morgan fingerprint density at radius 3 is 2.72 bits per heavy atom. The van der Waals surface area contributed by atoms with E-state index in [0.29, 0.717) is 17.7 Å². The number of carbonyl (C=O) groups is 1. The molecule has 1 aromatic heterocycles. The highest BCUT2D eigenvalue weighted by Gasteiger charge is 2.27. The molecule has 1 amide bonds. The molecule has 1 fully saturated rings. The number of nitrogens with zero attached hydrogens (tertiary/aromatic N) is 3. The van der Waals surface area contributed by atoms with Crippen LogP contribution in [0.1, 0.15) is 42.6 Å². The van der Waals surface area contributed by atoms with Crippen LogP contribution in [0.2, 0.25) is 0 Å². The molecule has 0 aliphatic carbocycles. The molecule has 1 aromatic rings. The quantitative estimate of drug-likeness (QED) is 0.827. The van der Waals surface area contributed by atoms with E-state index in [4.69, 9.17) is 0 Å². The second kappa shape index (κ2) is 5.95. The Bertz CT molecular complexity index is 397. The van der Waals surface area contributed by atoms with Crippen LogP contribution in [-0.2, 0) is 0 Å². The molecular formula is C12H21N5O. The van der Waals surface area contributed by atoms with E-state index < -0.39 is 0 Å². The minimum Gasteiger partial charge on any atom is -0.333 e.